The average Bonchev–Trinajstić information content (AvgIpc) is 2.86. The van der Waals surface area contributed by atoms with Gasteiger partial charge in [-0.2, -0.15) is 0 Å². The number of thiazole rings is 1. The standard InChI is InChI=1S/C13H14N2O2S/c1-9-5-4-6-10(7-9)15(2)13-14-8-11(18-13)12(16)17-3/h4-8H,1-3H3. The number of rotatable bonds is 3. The molecular weight excluding hydrogens is 248 g/mol. The minimum atomic E-state index is -0.351. The van der Waals surface area contributed by atoms with Crippen LogP contribution in [-0.4, -0.2) is 25.1 Å². The van der Waals surface area contributed by atoms with Crippen LogP contribution in [-0.2, 0) is 4.74 Å². The summed E-state index contributed by atoms with van der Waals surface area (Å²) >= 11 is 1.31. The highest BCUT2D eigenvalue weighted by Gasteiger charge is 2.14. The molecule has 0 atom stereocenters. The molecule has 0 bridgehead atoms. The fourth-order valence-electron chi connectivity index (χ4n) is 1.56. The van der Waals surface area contributed by atoms with Gasteiger partial charge in [-0.05, 0) is 24.6 Å². The summed E-state index contributed by atoms with van der Waals surface area (Å²) < 4.78 is 4.67. The van der Waals surface area contributed by atoms with E-state index in [-0.39, 0.29) is 5.97 Å². The number of esters is 1. The van der Waals surface area contributed by atoms with E-state index in [9.17, 15) is 4.79 Å². The van der Waals surface area contributed by atoms with Gasteiger partial charge in [0.1, 0.15) is 4.88 Å². The van der Waals surface area contributed by atoms with E-state index in [4.69, 9.17) is 0 Å². The zero-order valence-corrected chi connectivity index (χ0v) is 11.3. The molecule has 0 spiro atoms. The van der Waals surface area contributed by atoms with E-state index in [1.54, 1.807) is 0 Å². The summed E-state index contributed by atoms with van der Waals surface area (Å²) in [6.45, 7) is 2.04. The van der Waals surface area contributed by atoms with Crippen molar-refractivity contribution in [2.75, 3.05) is 19.1 Å². The zero-order valence-electron chi connectivity index (χ0n) is 10.5. The maximum absolute atomic E-state index is 11.4. The minimum absolute atomic E-state index is 0.351. The number of carbonyl (C=O) groups is 1. The lowest BCUT2D eigenvalue weighted by Gasteiger charge is -2.16. The van der Waals surface area contributed by atoms with Crippen LogP contribution in [0.5, 0.6) is 0 Å². The predicted molar refractivity (Wildman–Crippen MR) is 72.7 cm³/mol. The summed E-state index contributed by atoms with van der Waals surface area (Å²) in [6, 6.07) is 8.11. The van der Waals surface area contributed by atoms with Gasteiger partial charge < -0.3 is 9.64 Å². The second-order valence-corrected chi connectivity index (χ2v) is 4.91. The number of methoxy groups -OCH3 is 1. The van der Waals surface area contributed by atoms with Crippen LogP contribution in [0.4, 0.5) is 10.8 Å². The van der Waals surface area contributed by atoms with Crippen LogP contribution < -0.4 is 4.90 Å². The van der Waals surface area contributed by atoms with Crippen molar-refractivity contribution in [3.8, 4) is 0 Å². The largest absolute Gasteiger partial charge is 0.465 e. The lowest BCUT2D eigenvalue weighted by atomic mass is 10.2. The summed E-state index contributed by atoms with van der Waals surface area (Å²) in [5, 5.41) is 0.765. The number of aryl methyl sites for hydroxylation is 1. The molecule has 1 heterocycles. The highest BCUT2D eigenvalue weighted by molar-refractivity contribution is 7.17. The smallest absolute Gasteiger partial charge is 0.349 e. The first kappa shape index (κ1) is 12.6. The van der Waals surface area contributed by atoms with Gasteiger partial charge >= 0.3 is 5.97 Å². The molecule has 18 heavy (non-hydrogen) atoms. The molecule has 4 nitrogen and oxygen atoms in total. The topological polar surface area (TPSA) is 42.4 Å². The quantitative estimate of drug-likeness (QED) is 0.797. The number of hydrogen-bond acceptors (Lipinski definition) is 5. The molecule has 5 heteroatoms. The Labute approximate surface area is 110 Å². The van der Waals surface area contributed by atoms with Crippen LogP contribution in [0.15, 0.2) is 30.5 Å². The van der Waals surface area contributed by atoms with Crippen molar-refractivity contribution >= 4 is 28.1 Å². The van der Waals surface area contributed by atoms with Crippen LogP contribution >= 0.6 is 11.3 Å². The Kier molecular flexibility index (Phi) is 3.62. The first-order chi connectivity index (χ1) is 8.61. The van der Waals surface area contributed by atoms with Crippen molar-refractivity contribution < 1.29 is 9.53 Å². The summed E-state index contributed by atoms with van der Waals surface area (Å²) in [5.41, 5.74) is 2.23. The van der Waals surface area contributed by atoms with Crippen LogP contribution in [0, 0.1) is 6.92 Å². The second-order valence-electron chi connectivity index (χ2n) is 3.90. The van der Waals surface area contributed by atoms with Gasteiger partial charge in [-0.15, -0.1) is 0 Å². The normalized spacial score (nSPS) is 10.2. The van der Waals surface area contributed by atoms with Gasteiger partial charge in [0.25, 0.3) is 0 Å². The molecule has 94 valence electrons. The predicted octanol–water partition coefficient (Wildman–Crippen LogP) is 3.01. The highest BCUT2D eigenvalue weighted by atomic mass is 32.1. The molecule has 2 rings (SSSR count). The van der Waals surface area contributed by atoms with Crippen LogP contribution in [0.25, 0.3) is 0 Å². The van der Waals surface area contributed by atoms with Crippen molar-refractivity contribution in [2.24, 2.45) is 0 Å². The molecule has 0 radical (unpaired) electrons. The van der Waals surface area contributed by atoms with Crippen molar-refractivity contribution in [1.82, 2.24) is 4.98 Å². The average molecular weight is 262 g/mol. The van der Waals surface area contributed by atoms with Crippen LogP contribution in [0.1, 0.15) is 15.2 Å². The number of hydrogen-bond donors (Lipinski definition) is 0. The number of ether oxygens (including phenoxy) is 1. The van der Waals surface area contributed by atoms with E-state index in [2.05, 4.69) is 15.8 Å². The Balaban J connectivity index is 2.26. The molecule has 1 aromatic heterocycles. The third-order valence-electron chi connectivity index (χ3n) is 2.56. The molecular formula is C13H14N2O2S. The van der Waals surface area contributed by atoms with E-state index < -0.39 is 0 Å². The Morgan fingerprint density at radius 1 is 1.44 bits per heavy atom. The van der Waals surface area contributed by atoms with Crippen molar-refractivity contribution in [3.63, 3.8) is 0 Å². The molecule has 0 aliphatic heterocycles. The first-order valence-corrected chi connectivity index (χ1v) is 6.28. The molecule has 0 saturated carbocycles. The van der Waals surface area contributed by atoms with Gasteiger partial charge in [0.05, 0.1) is 13.3 Å². The molecule has 0 fully saturated rings. The van der Waals surface area contributed by atoms with Gasteiger partial charge in [-0.1, -0.05) is 23.5 Å². The molecule has 0 saturated heterocycles. The number of aromatic nitrogens is 1. The molecule has 1 aromatic carbocycles. The Morgan fingerprint density at radius 2 is 2.22 bits per heavy atom. The summed E-state index contributed by atoms with van der Waals surface area (Å²) in [7, 11) is 3.29. The van der Waals surface area contributed by atoms with Crippen LogP contribution in [0.2, 0.25) is 0 Å². The second kappa shape index (κ2) is 5.18. The lowest BCUT2D eigenvalue weighted by Crippen LogP contribution is -2.08. The summed E-state index contributed by atoms with van der Waals surface area (Å²) in [5.74, 6) is -0.351. The van der Waals surface area contributed by atoms with Crippen LogP contribution in [0.3, 0.4) is 0 Å². The van der Waals surface area contributed by atoms with E-state index in [0.717, 1.165) is 10.8 Å². The Bertz CT molecular complexity index is 566. The number of nitrogens with zero attached hydrogens (tertiary/aromatic N) is 2. The molecule has 0 unspecified atom stereocenters. The third-order valence-corrected chi connectivity index (χ3v) is 3.61. The third kappa shape index (κ3) is 2.51. The lowest BCUT2D eigenvalue weighted by molar-refractivity contribution is 0.0606. The van der Waals surface area contributed by atoms with E-state index in [1.807, 2.05) is 37.1 Å². The summed E-state index contributed by atoms with van der Waals surface area (Å²) in [4.78, 5) is 18.1. The Hall–Kier alpha value is -1.88. The first-order valence-electron chi connectivity index (χ1n) is 5.46. The molecule has 0 aliphatic rings. The van der Waals surface area contributed by atoms with Gasteiger partial charge in [0, 0.05) is 12.7 Å². The number of carbonyl (C=O) groups excluding carboxylic acids is 1. The number of benzene rings is 1. The van der Waals surface area contributed by atoms with Gasteiger partial charge in [-0.25, -0.2) is 9.78 Å². The Morgan fingerprint density at radius 3 is 2.89 bits per heavy atom. The molecule has 0 amide bonds. The maximum Gasteiger partial charge on any atom is 0.349 e. The van der Waals surface area contributed by atoms with Crippen molar-refractivity contribution in [3.05, 3.63) is 40.9 Å². The van der Waals surface area contributed by atoms with E-state index >= 15 is 0 Å². The van der Waals surface area contributed by atoms with Gasteiger partial charge in [0.15, 0.2) is 5.13 Å². The van der Waals surface area contributed by atoms with E-state index in [1.165, 1.54) is 30.2 Å². The molecule has 0 N–H and O–H groups in total. The maximum atomic E-state index is 11.4. The van der Waals surface area contributed by atoms with Gasteiger partial charge in [0.2, 0.25) is 0 Å². The molecule has 0 aliphatic carbocycles. The number of anilines is 2. The SMILES string of the molecule is COC(=O)c1cnc(N(C)c2cccc(C)c2)s1. The monoisotopic (exact) mass is 262 g/mol. The summed E-state index contributed by atoms with van der Waals surface area (Å²) in [6.07, 6.45) is 1.54. The van der Waals surface area contributed by atoms with E-state index in [0.29, 0.717) is 4.88 Å². The van der Waals surface area contributed by atoms with Crippen molar-refractivity contribution in [2.45, 2.75) is 6.92 Å². The minimum Gasteiger partial charge on any atom is -0.465 e. The zero-order chi connectivity index (χ0) is 13.1. The molecule has 2 aromatic rings. The fraction of sp³-hybridized carbons (Fsp3) is 0.231. The van der Waals surface area contributed by atoms with Crippen molar-refractivity contribution in [1.29, 1.82) is 0 Å². The highest BCUT2D eigenvalue weighted by Crippen LogP contribution is 2.28. The fourth-order valence-corrected chi connectivity index (χ4v) is 2.38. The van der Waals surface area contributed by atoms with Gasteiger partial charge in [-0.3, -0.25) is 0 Å².